The van der Waals surface area contributed by atoms with E-state index in [0.29, 0.717) is 24.4 Å². The first kappa shape index (κ1) is 17.0. The largest absolute Gasteiger partial charge is 0.491 e. The van der Waals surface area contributed by atoms with Crippen molar-refractivity contribution in [3.8, 4) is 11.8 Å². The van der Waals surface area contributed by atoms with Gasteiger partial charge in [0.1, 0.15) is 24.2 Å². The topological polar surface area (TPSA) is 82.5 Å². The number of rotatable bonds is 7. The van der Waals surface area contributed by atoms with Gasteiger partial charge in [-0.1, -0.05) is 5.16 Å². The second-order valence-corrected chi connectivity index (χ2v) is 5.60. The molecule has 0 aliphatic carbocycles. The predicted molar refractivity (Wildman–Crippen MR) is 85.0 cm³/mol. The van der Waals surface area contributed by atoms with Crippen LogP contribution in [0, 0.1) is 25.2 Å². The third-order valence-corrected chi connectivity index (χ3v) is 3.56. The van der Waals surface area contributed by atoms with Gasteiger partial charge in [0.25, 0.3) is 0 Å². The molecule has 0 saturated heterocycles. The monoisotopic (exact) mass is 315 g/mol. The van der Waals surface area contributed by atoms with Crippen LogP contribution in [0.2, 0.25) is 0 Å². The zero-order chi connectivity index (χ0) is 16.8. The Morgan fingerprint density at radius 3 is 2.61 bits per heavy atom. The number of aliphatic hydroxyl groups is 1. The summed E-state index contributed by atoms with van der Waals surface area (Å²) in [5, 5.41) is 22.8. The van der Waals surface area contributed by atoms with Crippen molar-refractivity contribution in [1.82, 2.24) is 10.1 Å². The van der Waals surface area contributed by atoms with Crippen molar-refractivity contribution in [3.05, 3.63) is 46.8 Å². The molecule has 6 heteroatoms. The number of aryl methyl sites for hydroxylation is 2. The van der Waals surface area contributed by atoms with Crippen LogP contribution in [0.1, 0.15) is 22.6 Å². The van der Waals surface area contributed by atoms with E-state index in [-0.39, 0.29) is 6.61 Å². The molecule has 122 valence electrons. The molecule has 1 aromatic carbocycles. The van der Waals surface area contributed by atoms with Crippen LogP contribution in [-0.2, 0) is 6.54 Å². The van der Waals surface area contributed by atoms with E-state index in [0.717, 1.165) is 17.0 Å². The summed E-state index contributed by atoms with van der Waals surface area (Å²) in [4.78, 5) is 2.00. The summed E-state index contributed by atoms with van der Waals surface area (Å²) >= 11 is 0. The van der Waals surface area contributed by atoms with E-state index < -0.39 is 6.10 Å². The van der Waals surface area contributed by atoms with Gasteiger partial charge >= 0.3 is 0 Å². The molecule has 0 spiro atoms. The highest BCUT2D eigenvalue weighted by Crippen LogP contribution is 2.15. The Bertz CT molecular complexity index is 654. The van der Waals surface area contributed by atoms with Crippen molar-refractivity contribution in [2.45, 2.75) is 26.5 Å². The average molecular weight is 315 g/mol. The summed E-state index contributed by atoms with van der Waals surface area (Å²) in [6, 6.07) is 8.86. The predicted octanol–water partition coefficient (Wildman–Crippen LogP) is 2.03. The quantitative estimate of drug-likeness (QED) is 0.842. The van der Waals surface area contributed by atoms with Gasteiger partial charge in [-0.25, -0.2) is 0 Å². The molecule has 23 heavy (non-hydrogen) atoms. The Labute approximate surface area is 135 Å². The minimum atomic E-state index is -0.615. The van der Waals surface area contributed by atoms with Gasteiger partial charge in [0.2, 0.25) is 0 Å². The summed E-state index contributed by atoms with van der Waals surface area (Å²) in [7, 11) is 1.93. The Kier molecular flexibility index (Phi) is 5.74. The normalized spacial score (nSPS) is 12.2. The Balaban J connectivity index is 1.79. The highest BCUT2D eigenvalue weighted by Gasteiger charge is 2.14. The van der Waals surface area contributed by atoms with E-state index in [2.05, 4.69) is 11.2 Å². The number of aromatic nitrogens is 1. The summed E-state index contributed by atoms with van der Waals surface area (Å²) < 4.78 is 10.7. The molecule has 1 N–H and O–H groups in total. The maximum absolute atomic E-state index is 10.1. The van der Waals surface area contributed by atoms with Gasteiger partial charge in [-0.3, -0.25) is 4.90 Å². The molecular weight excluding hydrogens is 294 g/mol. The van der Waals surface area contributed by atoms with E-state index in [1.54, 1.807) is 24.3 Å². The number of hydrogen-bond donors (Lipinski definition) is 1. The molecule has 1 atom stereocenters. The summed E-state index contributed by atoms with van der Waals surface area (Å²) in [5.41, 5.74) is 2.50. The standard InChI is InChI=1S/C17H21N3O3/c1-12-17(13(2)23-19-12)10-20(3)9-15(21)11-22-16-6-4-14(8-18)5-7-16/h4-7,15,21H,9-11H2,1-3H3/t15-/m0/s1. The Hall–Kier alpha value is -2.36. The van der Waals surface area contributed by atoms with Gasteiger partial charge in [0.05, 0.1) is 17.3 Å². The molecule has 2 aromatic rings. The van der Waals surface area contributed by atoms with Gasteiger partial charge in [0.15, 0.2) is 0 Å². The number of likely N-dealkylation sites (N-methyl/N-ethyl adjacent to an activating group) is 1. The van der Waals surface area contributed by atoms with Crippen LogP contribution in [0.3, 0.4) is 0 Å². The third kappa shape index (κ3) is 4.81. The molecule has 0 radical (unpaired) electrons. The van der Waals surface area contributed by atoms with Crippen molar-refractivity contribution >= 4 is 0 Å². The second-order valence-electron chi connectivity index (χ2n) is 5.60. The molecular formula is C17H21N3O3. The minimum Gasteiger partial charge on any atom is -0.491 e. The number of nitrogens with zero attached hydrogens (tertiary/aromatic N) is 3. The maximum atomic E-state index is 10.1. The molecule has 0 amide bonds. The molecule has 0 bridgehead atoms. The van der Waals surface area contributed by atoms with E-state index in [4.69, 9.17) is 14.5 Å². The van der Waals surface area contributed by atoms with Crippen LogP contribution in [0.15, 0.2) is 28.8 Å². The van der Waals surface area contributed by atoms with Crippen LogP contribution < -0.4 is 4.74 Å². The maximum Gasteiger partial charge on any atom is 0.138 e. The number of ether oxygens (including phenoxy) is 1. The smallest absolute Gasteiger partial charge is 0.138 e. The summed E-state index contributed by atoms with van der Waals surface area (Å²) in [6.45, 7) is 5.12. The van der Waals surface area contributed by atoms with Crippen molar-refractivity contribution in [1.29, 1.82) is 5.26 Å². The molecule has 0 aliphatic heterocycles. The average Bonchev–Trinajstić information content (AvgIpc) is 2.85. The highest BCUT2D eigenvalue weighted by molar-refractivity contribution is 5.34. The molecule has 2 rings (SSSR count). The molecule has 0 unspecified atom stereocenters. The first-order valence-electron chi connectivity index (χ1n) is 7.41. The number of hydrogen-bond acceptors (Lipinski definition) is 6. The molecule has 0 aliphatic rings. The van der Waals surface area contributed by atoms with Gasteiger partial charge in [-0.05, 0) is 45.2 Å². The Morgan fingerprint density at radius 2 is 2.04 bits per heavy atom. The molecule has 6 nitrogen and oxygen atoms in total. The van der Waals surface area contributed by atoms with Crippen LogP contribution in [0.5, 0.6) is 5.75 Å². The van der Waals surface area contributed by atoms with Gasteiger partial charge in [-0.2, -0.15) is 5.26 Å². The number of benzene rings is 1. The fraction of sp³-hybridized carbons (Fsp3) is 0.412. The highest BCUT2D eigenvalue weighted by atomic mass is 16.5. The minimum absolute atomic E-state index is 0.192. The molecule has 0 saturated carbocycles. The van der Waals surface area contributed by atoms with Crippen LogP contribution in [0.4, 0.5) is 0 Å². The van der Waals surface area contributed by atoms with E-state index in [9.17, 15) is 5.11 Å². The van der Waals surface area contributed by atoms with Gasteiger partial charge < -0.3 is 14.4 Å². The zero-order valence-electron chi connectivity index (χ0n) is 13.6. The first-order chi connectivity index (χ1) is 11.0. The van der Waals surface area contributed by atoms with Crippen LogP contribution >= 0.6 is 0 Å². The number of nitriles is 1. The third-order valence-electron chi connectivity index (χ3n) is 3.56. The molecule has 0 fully saturated rings. The summed E-state index contributed by atoms with van der Waals surface area (Å²) in [5.74, 6) is 1.44. The SMILES string of the molecule is Cc1noc(C)c1CN(C)C[C@H](O)COc1ccc(C#N)cc1. The summed E-state index contributed by atoms with van der Waals surface area (Å²) in [6.07, 6.45) is -0.615. The van der Waals surface area contributed by atoms with Crippen LogP contribution in [-0.4, -0.2) is 41.5 Å². The first-order valence-corrected chi connectivity index (χ1v) is 7.41. The lowest BCUT2D eigenvalue weighted by Gasteiger charge is -2.20. The molecule has 1 aromatic heterocycles. The van der Waals surface area contributed by atoms with E-state index in [1.807, 2.05) is 25.8 Å². The van der Waals surface area contributed by atoms with Crippen LogP contribution in [0.25, 0.3) is 0 Å². The van der Waals surface area contributed by atoms with E-state index >= 15 is 0 Å². The fourth-order valence-corrected chi connectivity index (χ4v) is 2.29. The lowest BCUT2D eigenvalue weighted by molar-refractivity contribution is 0.0742. The van der Waals surface area contributed by atoms with Gasteiger partial charge in [-0.15, -0.1) is 0 Å². The number of aliphatic hydroxyl groups excluding tert-OH is 1. The second kappa shape index (κ2) is 7.77. The lowest BCUT2D eigenvalue weighted by Crippen LogP contribution is -2.33. The van der Waals surface area contributed by atoms with Crippen molar-refractivity contribution < 1.29 is 14.4 Å². The van der Waals surface area contributed by atoms with Crippen molar-refractivity contribution in [2.75, 3.05) is 20.2 Å². The zero-order valence-corrected chi connectivity index (χ0v) is 13.6. The van der Waals surface area contributed by atoms with E-state index in [1.165, 1.54) is 0 Å². The Morgan fingerprint density at radius 1 is 1.35 bits per heavy atom. The van der Waals surface area contributed by atoms with Crippen molar-refractivity contribution in [3.63, 3.8) is 0 Å². The molecule has 1 heterocycles. The van der Waals surface area contributed by atoms with Gasteiger partial charge in [0, 0.05) is 18.7 Å². The fourth-order valence-electron chi connectivity index (χ4n) is 2.29. The van der Waals surface area contributed by atoms with Crippen molar-refractivity contribution in [2.24, 2.45) is 0 Å². The lowest BCUT2D eigenvalue weighted by atomic mass is 10.2.